The van der Waals surface area contributed by atoms with E-state index >= 15 is 0 Å². The molecule has 0 rings (SSSR count). The number of hydrogen-bond donors (Lipinski definition) is 3. The number of carbonyl (C=O) groups is 4. The number of rotatable bonds is 81. The zero-order valence-corrected chi connectivity index (χ0v) is 68.5. The van der Waals surface area contributed by atoms with Gasteiger partial charge in [0.25, 0.3) is 0 Å². The number of carbonyl (C=O) groups excluding carboxylic acids is 4. The molecule has 104 heavy (non-hydrogen) atoms. The molecule has 0 saturated heterocycles. The largest absolute Gasteiger partial charge is 0.472 e. The monoisotopic (exact) mass is 1510 g/mol. The highest BCUT2D eigenvalue weighted by Crippen LogP contribution is 2.45. The Labute approximate surface area is 635 Å². The van der Waals surface area contributed by atoms with Crippen molar-refractivity contribution >= 4 is 39.5 Å². The summed E-state index contributed by atoms with van der Waals surface area (Å²) in [6.45, 7) is 4.91. The van der Waals surface area contributed by atoms with E-state index in [9.17, 15) is 43.2 Å². The predicted octanol–water partition coefficient (Wildman–Crippen LogP) is 25.0. The summed E-state index contributed by atoms with van der Waals surface area (Å²) in [4.78, 5) is 73.2. The second-order valence-electron chi connectivity index (χ2n) is 28.8. The van der Waals surface area contributed by atoms with E-state index in [1.807, 2.05) is 0 Å². The minimum absolute atomic E-state index is 0.0859. The first-order valence-electron chi connectivity index (χ1n) is 42.5. The molecule has 19 heteroatoms. The molecule has 0 aromatic heterocycles. The molecule has 0 aromatic carbocycles. The van der Waals surface area contributed by atoms with E-state index in [4.69, 9.17) is 37.0 Å². The molecular weight excluding hydrogens is 1350 g/mol. The third kappa shape index (κ3) is 76.9. The van der Waals surface area contributed by atoms with Crippen molar-refractivity contribution in [1.29, 1.82) is 0 Å². The van der Waals surface area contributed by atoms with Crippen LogP contribution in [0.15, 0.2) is 60.8 Å². The predicted molar refractivity (Wildman–Crippen MR) is 427 cm³/mol. The van der Waals surface area contributed by atoms with Crippen LogP contribution in [0.25, 0.3) is 0 Å². The lowest BCUT2D eigenvalue weighted by atomic mass is 10.0. The summed E-state index contributed by atoms with van der Waals surface area (Å²) in [5.41, 5.74) is 0. The first-order chi connectivity index (χ1) is 50.7. The Balaban J connectivity index is 5.34. The van der Waals surface area contributed by atoms with Gasteiger partial charge >= 0.3 is 39.5 Å². The van der Waals surface area contributed by atoms with Gasteiger partial charge in [-0.1, -0.05) is 320 Å². The number of allylic oxidation sites excluding steroid dienone is 10. The molecule has 0 radical (unpaired) electrons. The van der Waals surface area contributed by atoms with Crippen molar-refractivity contribution in [2.75, 3.05) is 39.6 Å². The minimum Gasteiger partial charge on any atom is -0.462 e. The molecule has 17 nitrogen and oxygen atoms in total. The van der Waals surface area contributed by atoms with Crippen LogP contribution in [0.5, 0.6) is 0 Å². The number of ether oxygens (including phenoxy) is 4. The van der Waals surface area contributed by atoms with Crippen molar-refractivity contribution in [3.8, 4) is 0 Å². The van der Waals surface area contributed by atoms with Crippen LogP contribution in [0.3, 0.4) is 0 Å². The zero-order chi connectivity index (χ0) is 76.0. The van der Waals surface area contributed by atoms with Gasteiger partial charge in [-0.15, -0.1) is 0 Å². The normalized spacial score (nSPS) is 14.1. The first-order valence-corrected chi connectivity index (χ1v) is 45.5. The lowest BCUT2D eigenvalue weighted by Crippen LogP contribution is -2.30. The van der Waals surface area contributed by atoms with Crippen LogP contribution in [0, 0.1) is 0 Å². The molecular formula is C85H156O17P2. The van der Waals surface area contributed by atoms with Crippen molar-refractivity contribution in [2.24, 2.45) is 0 Å². The van der Waals surface area contributed by atoms with Crippen molar-refractivity contribution in [2.45, 2.75) is 418 Å². The van der Waals surface area contributed by atoms with Gasteiger partial charge in [0, 0.05) is 25.7 Å². The van der Waals surface area contributed by atoms with Crippen LogP contribution >= 0.6 is 15.6 Å². The second-order valence-corrected chi connectivity index (χ2v) is 31.7. The molecule has 0 aliphatic carbocycles. The molecule has 3 N–H and O–H groups in total. The summed E-state index contributed by atoms with van der Waals surface area (Å²) in [5, 5.41) is 10.7. The fourth-order valence-corrected chi connectivity index (χ4v) is 13.5. The Morgan fingerprint density at radius 1 is 0.269 bits per heavy atom. The van der Waals surface area contributed by atoms with Gasteiger partial charge < -0.3 is 33.8 Å². The number of esters is 4. The molecule has 0 aliphatic heterocycles. The van der Waals surface area contributed by atoms with Crippen molar-refractivity contribution < 1.29 is 80.2 Å². The van der Waals surface area contributed by atoms with Crippen LogP contribution in [0.1, 0.15) is 400 Å². The molecule has 0 fully saturated rings. The number of phosphoric acid groups is 2. The summed E-state index contributed by atoms with van der Waals surface area (Å²) in [6, 6.07) is 0. The van der Waals surface area contributed by atoms with Gasteiger partial charge in [0.15, 0.2) is 12.2 Å². The van der Waals surface area contributed by atoms with Crippen LogP contribution in [-0.2, 0) is 65.4 Å². The van der Waals surface area contributed by atoms with Gasteiger partial charge in [0.05, 0.1) is 26.4 Å². The highest BCUT2D eigenvalue weighted by Gasteiger charge is 2.30. The average molecular weight is 1510 g/mol. The maximum atomic E-state index is 13.1. The summed E-state index contributed by atoms with van der Waals surface area (Å²) < 4.78 is 68.8. The lowest BCUT2D eigenvalue weighted by Gasteiger charge is -2.21. The molecule has 5 unspecified atom stereocenters. The molecule has 0 heterocycles. The molecule has 0 amide bonds. The van der Waals surface area contributed by atoms with E-state index in [2.05, 4.69) is 88.5 Å². The standard InChI is InChI=1S/C85H156O17P2/c1-5-9-13-17-21-25-29-33-37-38-39-40-44-46-50-54-58-62-66-70-83(88)96-76-81(102-85(90)72-68-64-60-56-52-48-43-36-32-28-24-20-16-12-8-4)78-100-104(93,94)98-74-79(86)73-97-103(91,92)99-77-80(101-84(89)71-67-63-59-55-51-47-42-35-31-27-23-19-15-11-7-3)75-95-82(87)69-65-61-57-53-49-45-41-34-30-26-22-18-14-10-6-2/h21,25,33-34,36-37,39-41,43,79-81,86H,5-20,22-24,26-32,35,38,42,44-78H2,1-4H3,(H,91,92)(H,93,94)/b25-21-,37-33-,40-39-,41-34-,43-36-. The summed E-state index contributed by atoms with van der Waals surface area (Å²) >= 11 is 0. The SMILES string of the molecule is CCCCC/C=C\C/C=C\C/C=C\CCCCCCCCC(=O)OCC(COP(=O)(O)OCC(O)COP(=O)(O)OCC(COC(=O)CCCCCCC/C=C\CCCCCCCC)OC(=O)CCCCCCCCCCCCCCCCC)OC(=O)CCCCCCC/C=C\CCCCCCCC. The van der Waals surface area contributed by atoms with E-state index in [1.165, 1.54) is 161 Å². The van der Waals surface area contributed by atoms with Crippen molar-refractivity contribution in [3.63, 3.8) is 0 Å². The number of hydrogen-bond acceptors (Lipinski definition) is 15. The van der Waals surface area contributed by atoms with Gasteiger partial charge in [0.2, 0.25) is 0 Å². The smallest absolute Gasteiger partial charge is 0.462 e. The fraction of sp³-hybridized carbons (Fsp3) is 0.835. The van der Waals surface area contributed by atoms with Crippen LogP contribution < -0.4 is 0 Å². The number of aliphatic hydroxyl groups excluding tert-OH is 1. The van der Waals surface area contributed by atoms with Crippen LogP contribution in [0.4, 0.5) is 0 Å². The maximum absolute atomic E-state index is 13.1. The highest BCUT2D eigenvalue weighted by atomic mass is 31.2. The molecule has 608 valence electrons. The molecule has 5 atom stereocenters. The Kier molecular flexibility index (Phi) is 75.5. The van der Waals surface area contributed by atoms with Crippen LogP contribution in [-0.4, -0.2) is 96.7 Å². The Hall–Kier alpha value is -3.24. The van der Waals surface area contributed by atoms with Gasteiger partial charge in [0.1, 0.15) is 19.3 Å². The quantitative estimate of drug-likeness (QED) is 0.0169. The van der Waals surface area contributed by atoms with E-state index in [0.29, 0.717) is 25.7 Å². The van der Waals surface area contributed by atoms with E-state index < -0.39 is 97.5 Å². The summed E-state index contributed by atoms with van der Waals surface area (Å²) in [7, 11) is -9.95. The first kappa shape index (κ1) is 101. The van der Waals surface area contributed by atoms with Gasteiger partial charge in [-0.05, 0) is 116 Å². The van der Waals surface area contributed by atoms with Gasteiger partial charge in [-0.2, -0.15) is 0 Å². The molecule has 0 spiro atoms. The van der Waals surface area contributed by atoms with Crippen molar-refractivity contribution in [1.82, 2.24) is 0 Å². The highest BCUT2D eigenvalue weighted by molar-refractivity contribution is 7.47. The molecule has 0 aromatic rings. The lowest BCUT2D eigenvalue weighted by molar-refractivity contribution is -0.161. The Morgan fingerprint density at radius 3 is 0.750 bits per heavy atom. The maximum Gasteiger partial charge on any atom is 0.472 e. The van der Waals surface area contributed by atoms with E-state index in [1.54, 1.807) is 0 Å². The zero-order valence-electron chi connectivity index (χ0n) is 66.7. The van der Waals surface area contributed by atoms with Crippen LogP contribution in [0.2, 0.25) is 0 Å². The van der Waals surface area contributed by atoms with E-state index in [0.717, 1.165) is 161 Å². The van der Waals surface area contributed by atoms with Gasteiger partial charge in [-0.25, -0.2) is 9.13 Å². The number of aliphatic hydroxyl groups is 1. The second kappa shape index (κ2) is 77.9. The van der Waals surface area contributed by atoms with Crippen molar-refractivity contribution in [3.05, 3.63) is 60.8 Å². The number of unbranched alkanes of at least 4 members (excludes halogenated alkanes) is 45. The third-order valence-corrected chi connectivity index (χ3v) is 20.4. The average Bonchev–Trinajstić information content (AvgIpc) is 0.918. The molecule has 0 saturated carbocycles. The van der Waals surface area contributed by atoms with E-state index in [-0.39, 0.29) is 25.7 Å². The Bertz CT molecular complexity index is 2200. The van der Waals surface area contributed by atoms with Gasteiger partial charge in [-0.3, -0.25) is 37.3 Å². The third-order valence-electron chi connectivity index (χ3n) is 18.5. The topological polar surface area (TPSA) is 237 Å². The fourth-order valence-electron chi connectivity index (χ4n) is 11.9. The molecule has 0 aliphatic rings. The number of phosphoric ester groups is 2. The Morgan fingerprint density at radius 2 is 0.471 bits per heavy atom. The minimum atomic E-state index is -4.98. The molecule has 0 bridgehead atoms. The summed E-state index contributed by atoms with van der Waals surface area (Å²) in [5.74, 6) is -2.17. The summed E-state index contributed by atoms with van der Waals surface area (Å²) in [6.07, 6.45) is 78.9.